The van der Waals surface area contributed by atoms with Gasteiger partial charge in [0.1, 0.15) is 19.0 Å². The van der Waals surface area contributed by atoms with E-state index in [2.05, 4.69) is 20.3 Å². The zero-order chi connectivity index (χ0) is 15.3. The summed E-state index contributed by atoms with van der Waals surface area (Å²) < 4.78 is 40.9. The van der Waals surface area contributed by atoms with Crippen molar-refractivity contribution in [2.24, 2.45) is 17.9 Å². The van der Waals surface area contributed by atoms with Crippen molar-refractivity contribution in [3.63, 3.8) is 0 Å². The molecule has 1 aromatic heterocycles. The van der Waals surface area contributed by atoms with Gasteiger partial charge in [0.2, 0.25) is 0 Å². The molecule has 1 rings (SSSR count). The Morgan fingerprint density at radius 2 is 2.30 bits per heavy atom. The number of amidine groups is 1. The van der Waals surface area contributed by atoms with E-state index in [4.69, 9.17) is 10.9 Å². The number of nitrogens with two attached hydrogens (primary N) is 1. The van der Waals surface area contributed by atoms with Crippen molar-refractivity contribution in [1.29, 1.82) is 0 Å². The van der Waals surface area contributed by atoms with Crippen molar-refractivity contribution >= 4 is 17.6 Å². The van der Waals surface area contributed by atoms with E-state index < -0.39 is 25.3 Å². The van der Waals surface area contributed by atoms with E-state index in [0.29, 0.717) is 0 Å². The van der Waals surface area contributed by atoms with Gasteiger partial charge in [-0.1, -0.05) is 5.16 Å². The minimum Gasteiger partial charge on any atom is -0.409 e. The van der Waals surface area contributed by atoms with Crippen LogP contribution in [0.1, 0.15) is 5.56 Å². The lowest BCUT2D eigenvalue weighted by atomic mass is 10.3. The predicted octanol–water partition coefficient (Wildman–Crippen LogP) is 0.0320. The average molecular weight is 295 g/mol. The molecule has 0 atom stereocenters. The summed E-state index contributed by atoms with van der Waals surface area (Å²) in [4.78, 5) is 11.4. The number of aryl methyl sites for hydroxylation is 1. The number of alkyl halides is 3. The number of carbonyl (C=O) groups excluding carboxylic acids is 1. The Kier molecular flexibility index (Phi) is 4.91. The number of rotatable bonds is 5. The maximum atomic E-state index is 11.8. The molecule has 1 heterocycles. The SMILES string of the molecule is Cn1ncc(C(N)=NO)c1NC(=O)COCC(F)(F)F. The lowest BCUT2D eigenvalue weighted by molar-refractivity contribution is -0.174. The van der Waals surface area contributed by atoms with Gasteiger partial charge in [0.25, 0.3) is 5.91 Å². The van der Waals surface area contributed by atoms with Crippen molar-refractivity contribution in [3.05, 3.63) is 11.8 Å². The third-order valence-electron chi connectivity index (χ3n) is 2.08. The number of oxime groups is 1. The van der Waals surface area contributed by atoms with Crippen LogP contribution in [0.4, 0.5) is 19.0 Å². The smallest absolute Gasteiger partial charge is 0.409 e. The summed E-state index contributed by atoms with van der Waals surface area (Å²) in [6, 6.07) is 0. The zero-order valence-electron chi connectivity index (χ0n) is 10.3. The molecule has 0 fully saturated rings. The standard InChI is InChI=1S/C9H12F3N5O3/c1-17-8(5(2-14-17)7(13)16-19)15-6(18)3-20-4-9(10,11)12/h2,19H,3-4H2,1H3,(H2,13,16)(H,15,18). The number of carbonyl (C=O) groups is 1. The molecule has 11 heteroatoms. The van der Waals surface area contributed by atoms with Gasteiger partial charge in [0.05, 0.1) is 11.8 Å². The van der Waals surface area contributed by atoms with Crippen molar-refractivity contribution < 1.29 is 27.9 Å². The van der Waals surface area contributed by atoms with Gasteiger partial charge in [0, 0.05) is 7.05 Å². The highest BCUT2D eigenvalue weighted by atomic mass is 19.4. The van der Waals surface area contributed by atoms with E-state index in [-0.39, 0.29) is 17.2 Å². The third-order valence-corrected chi connectivity index (χ3v) is 2.08. The van der Waals surface area contributed by atoms with Crippen molar-refractivity contribution in [1.82, 2.24) is 9.78 Å². The highest BCUT2D eigenvalue weighted by Gasteiger charge is 2.28. The van der Waals surface area contributed by atoms with E-state index >= 15 is 0 Å². The Balaban J connectivity index is 2.65. The molecule has 1 aromatic rings. The fraction of sp³-hybridized carbons (Fsp3) is 0.444. The molecule has 8 nitrogen and oxygen atoms in total. The van der Waals surface area contributed by atoms with Gasteiger partial charge in [-0.05, 0) is 0 Å². The van der Waals surface area contributed by atoms with Crippen LogP contribution in [0.5, 0.6) is 0 Å². The summed E-state index contributed by atoms with van der Waals surface area (Å²) in [5, 5.41) is 17.3. The predicted molar refractivity (Wildman–Crippen MR) is 61.2 cm³/mol. The van der Waals surface area contributed by atoms with Crippen LogP contribution in [0.25, 0.3) is 0 Å². The number of nitrogens with one attached hydrogen (secondary N) is 1. The number of hydrogen-bond acceptors (Lipinski definition) is 5. The van der Waals surface area contributed by atoms with Crippen LogP contribution in [0.2, 0.25) is 0 Å². The lowest BCUT2D eigenvalue weighted by Crippen LogP contribution is -2.26. The van der Waals surface area contributed by atoms with Crippen LogP contribution < -0.4 is 11.1 Å². The molecule has 0 aromatic carbocycles. The molecule has 0 saturated carbocycles. The number of aromatic nitrogens is 2. The second kappa shape index (κ2) is 6.23. The zero-order valence-corrected chi connectivity index (χ0v) is 10.3. The molecule has 0 aliphatic carbocycles. The fourth-order valence-electron chi connectivity index (χ4n) is 1.25. The monoisotopic (exact) mass is 295 g/mol. The summed E-state index contributed by atoms with van der Waals surface area (Å²) in [6.45, 7) is -2.32. The van der Waals surface area contributed by atoms with Gasteiger partial charge < -0.3 is 21.0 Å². The van der Waals surface area contributed by atoms with E-state index in [1.165, 1.54) is 17.9 Å². The molecule has 0 bridgehead atoms. The largest absolute Gasteiger partial charge is 0.411 e. The number of nitrogens with zero attached hydrogens (tertiary/aromatic N) is 3. The van der Waals surface area contributed by atoms with Crippen molar-refractivity contribution in [2.45, 2.75) is 6.18 Å². The number of hydrogen-bond donors (Lipinski definition) is 3. The molecule has 20 heavy (non-hydrogen) atoms. The molecular formula is C9H12F3N5O3. The summed E-state index contributed by atoms with van der Waals surface area (Å²) in [6.07, 6.45) is -3.28. The second-order valence-corrected chi connectivity index (χ2v) is 3.67. The van der Waals surface area contributed by atoms with Gasteiger partial charge in [-0.2, -0.15) is 18.3 Å². The number of ether oxygens (including phenoxy) is 1. The van der Waals surface area contributed by atoms with Crippen LogP contribution >= 0.6 is 0 Å². The summed E-state index contributed by atoms with van der Waals surface area (Å²) in [5.41, 5.74) is 5.48. The molecule has 0 saturated heterocycles. The molecule has 0 unspecified atom stereocenters. The second-order valence-electron chi connectivity index (χ2n) is 3.67. The van der Waals surface area contributed by atoms with Gasteiger partial charge in [-0.3, -0.25) is 9.48 Å². The summed E-state index contributed by atoms with van der Waals surface area (Å²) >= 11 is 0. The Hall–Kier alpha value is -2.30. The van der Waals surface area contributed by atoms with Crippen LogP contribution in [0.15, 0.2) is 11.4 Å². The molecule has 0 aliphatic heterocycles. The molecule has 0 aliphatic rings. The Morgan fingerprint density at radius 3 is 2.85 bits per heavy atom. The quantitative estimate of drug-likeness (QED) is 0.307. The fourth-order valence-corrected chi connectivity index (χ4v) is 1.25. The molecule has 4 N–H and O–H groups in total. The van der Waals surface area contributed by atoms with Gasteiger partial charge >= 0.3 is 6.18 Å². The number of amides is 1. The van der Waals surface area contributed by atoms with E-state index in [0.717, 1.165) is 0 Å². The molecule has 112 valence electrons. The Bertz CT molecular complexity index is 511. The van der Waals surface area contributed by atoms with Crippen molar-refractivity contribution in [2.75, 3.05) is 18.5 Å². The minimum atomic E-state index is -4.51. The van der Waals surface area contributed by atoms with Crippen LogP contribution in [0.3, 0.4) is 0 Å². The summed E-state index contributed by atoms with van der Waals surface area (Å²) in [7, 11) is 1.46. The number of halogens is 3. The highest BCUT2D eigenvalue weighted by Crippen LogP contribution is 2.15. The maximum absolute atomic E-state index is 11.8. The van der Waals surface area contributed by atoms with Gasteiger partial charge in [0.15, 0.2) is 5.84 Å². The first-order chi connectivity index (χ1) is 9.24. The molecule has 1 amide bonds. The lowest BCUT2D eigenvalue weighted by Gasteiger charge is -2.09. The Morgan fingerprint density at radius 1 is 1.65 bits per heavy atom. The van der Waals surface area contributed by atoms with E-state index in [9.17, 15) is 18.0 Å². The molecular weight excluding hydrogens is 283 g/mol. The van der Waals surface area contributed by atoms with E-state index in [1.54, 1.807) is 0 Å². The first-order valence-electron chi connectivity index (χ1n) is 5.19. The Labute approximate surface area is 111 Å². The minimum absolute atomic E-state index is 0.0703. The first kappa shape index (κ1) is 15.8. The summed E-state index contributed by atoms with van der Waals surface area (Å²) in [5.74, 6) is -1.06. The first-order valence-corrected chi connectivity index (χ1v) is 5.19. The average Bonchev–Trinajstić information content (AvgIpc) is 2.68. The van der Waals surface area contributed by atoms with Crippen LogP contribution in [-0.2, 0) is 16.6 Å². The maximum Gasteiger partial charge on any atom is 0.411 e. The van der Waals surface area contributed by atoms with Crippen molar-refractivity contribution in [3.8, 4) is 0 Å². The highest BCUT2D eigenvalue weighted by molar-refractivity contribution is 6.04. The van der Waals surface area contributed by atoms with E-state index in [1.807, 2.05) is 0 Å². The van der Waals surface area contributed by atoms with Gasteiger partial charge in [-0.15, -0.1) is 0 Å². The van der Waals surface area contributed by atoms with Crippen LogP contribution in [-0.4, -0.2) is 46.1 Å². The topological polar surface area (TPSA) is 115 Å². The normalized spacial score (nSPS) is 12.5. The van der Waals surface area contributed by atoms with Crippen LogP contribution in [0, 0.1) is 0 Å². The van der Waals surface area contributed by atoms with Gasteiger partial charge in [-0.25, -0.2) is 0 Å². The molecule has 0 spiro atoms. The number of anilines is 1. The third kappa shape index (κ3) is 4.42. The molecule has 0 radical (unpaired) electrons.